The number of carbonyl (C=O) groups is 4. The van der Waals surface area contributed by atoms with Crippen LogP contribution in [0.15, 0.2) is 89.5 Å². The second kappa shape index (κ2) is 27.2. The number of sulfonamides is 1. The third-order valence-corrected chi connectivity index (χ3v) is 13.0. The maximum atomic E-state index is 13.8. The van der Waals surface area contributed by atoms with Crippen molar-refractivity contribution in [3.63, 3.8) is 0 Å². The predicted octanol–water partition coefficient (Wildman–Crippen LogP) is 4.96. The number of rotatable bonds is 10. The molecule has 18 heteroatoms. The quantitative estimate of drug-likeness (QED) is 0.252. The molecule has 0 bridgehead atoms. The predicted molar refractivity (Wildman–Crippen MR) is 271 cm³/mol. The molecule has 1 spiro atoms. The fourth-order valence-electron chi connectivity index (χ4n) is 8.38. The molecular weight excluding hydrogens is 1030 g/mol. The number of hydrogen-bond acceptors (Lipinski definition) is 12. The van der Waals surface area contributed by atoms with Gasteiger partial charge in [0.15, 0.2) is 0 Å². The lowest BCUT2D eigenvalue weighted by molar-refractivity contribution is -0.139. The van der Waals surface area contributed by atoms with Crippen molar-refractivity contribution in [2.45, 2.75) is 57.6 Å². The molecular formula is C47H70BrIN6O9S. The third kappa shape index (κ3) is 16.3. The molecule has 362 valence electrons. The van der Waals surface area contributed by atoms with Crippen molar-refractivity contribution >= 4 is 80.4 Å². The zero-order valence-corrected chi connectivity index (χ0v) is 42.8. The van der Waals surface area contributed by atoms with E-state index in [1.807, 2.05) is 94.0 Å². The molecule has 7 rings (SSSR count). The summed E-state index contributed by atoms with van der Waals surface area (Å²) in [6.07, 6.45) is 11.1. The average Bonchev–Trinajstić information content (AvgIpc) is 3.60. The van der Waals surface area contributed by atoms with Crippen LogP contribution in [-0.2, 0) is 55.4 Å². The molecule has 0 aromatic heterocycles. The van der Waals surface area contributed by atoms with Crippen molar-refractivity contribution in [1.29, 1.82) is 0 Å². The second-order valence-electron chi connectivity index (χ2n) is 16.7. The molecule has 65 heavy (non-hydrogen) atoms. The lowest BCUT2D eigenvalue weighted by atomic mass is 9.74. The van der Waals surface area contributed by atoms with Gasteiger partial charge < -0.3 is 39.1 Å². The Labute approximate surface area is 414 Å². The Morgan fingerprint density at radius 3 is 1.69 bits per heavy atom. The summed E-state index contributed by atoms with van der Waals surface area (Å²) in [5.74, 6) is -0.810. The molecule has 2 amide bonds. The summed E-state index contributed by atoms with van der Waals surface area (Å²) in [4.78, 5) is 57.0. The van der Waals surface area contributed by atoms with E-state index in [0.29, 0.717) is 64.3 Å². The van der Waals surface area contributed by atoms with Gasteiger partial charge in [-0.1, -0.05) is 74.2 Å². The molecule has 1 N–H and O–H groups in total. The zero-order valence-electron chi connectivity index (χ0n) is 38.0. The van der Waals surface area contributed by atoms with Gasteiger partial charge in [-0.3, -0.25) is 13.9 Å². The van der Waals surface area contributed by atoms with Crippen LogP contribution in [0.4, 0.5) is 5.69 Å². The Morgan fingerprint density at radius 1 is 0.723 bits per heavy atom. The molecule has 15 nitrogen and oxygen atoms in total. The highest BCUT2D eigenvalue weighted by atomic mass is 127. The van der Waals surface area contributed by atoms with Gasteiger partial charge in [0.2, 0.25) is 21.8 Å². The Bertz CT molecular complexity index is 2050. The number of esters is 2. The Balaban J connectivity index is 0.000000477. The number of piperidine rings is 1. The number of para-hydroxylation sites is 1. The van der Waals surface area contributed by atoms with Crippen LogP contribution < -0.4 is 9.62 Å². The van der Waals surface area contributed by atoms with Gasteiger partial charge in [-0.25, -0.2) is 18.0 Å². The topological polar surface area (TPSA) is 158 Å². The maximum absolute atomic E-state index is 13.8. The van der Waals surface area contributed by atoms with Crippen LogP contribution in [-0.4, -0.2) is 165 Å². The van der Waals surface area contributed by atoms with Gasteiger partial charge in [0.1, 0.15) is 6.04 Å². The number of anilines is 1. The number of likely N-dealkylation sites (N-methyl/N-ethyl adjacent to an activating group) is 3. The maximum Gasteiger partial charge on any atom is 0.334 e. The van der Waals surface area contributed by atoms with Gasteiger partial charge in [-0.15, -0.1) is 41.0 Å². The smallest absolute Gasteiger partial charge is 0.334 e. The third-order valence-electron chi connectivity index (χ3n) is 11.8. The van der Waals surface area contributed by atoms with Crippen LogP contribution in [0.3, 0.4) is 0 Å². The minimum absolute atomic E-state index is 0. The van der Waals surface area contributed by atoms with Crippen molar-refractivity contribution in [2.75, 3.05) is 111 Å². The molecule has 0 saturated carbocycles. The van der Waals surface area contributed by atoms with Crippen molar-refractivity contribution in [1.82, 2.24) is 24.9 Å². The molecule has 1 atom stereocenters. The molecule has 5 aliphatic rings. The molecule has 2 aromatic rings. The van der Waals surface area contributed by atoms with Crippen LogP contribution in [0, 0.1) is 0 Å². The number of likely N-dealkylation sites (tertiary alicyclic amines) is 1. The van der Waals surface area contributed by atoms with Gasteiger partial charge in [0, 0.05) is 81.0 Å². The first-order valence-electron chi connectivity index (χ1n) is 21.2. The Hall–Kier alpha value is -3.66. The molecule has 1 saturated heterocycles. The van der Waals surface area contributed by atoms with E-state index in [2.05, 4.69) is 29.5 Å². The van der Waals surface area contributed by atoms with Gasteiger partial charge in [0.25, 0.3) is 0 Å². The summed E-state index contributed by atoms with van der Waals surface area (Å²) in [5, 5.41) is 2.96. The fourth-order valence-corrected chi connectivity index (χ4v) is 9.38. The summed E-state index contributed by atoms with van der Waals surface area (Å²) in [7, 11) is 5.38. The largest absolute Gasteiger partial charge is 0.466 e. The van der Waals surface area contributed by atoms with Gasteiger partial charge >= 0.3 is 11.9 Å². The number of hydrogen-bond donors (Lipinski definition) is 1. The van der Waals surface area contributed by atoms with E-state index < -0.39 is 16.1 Å². The number of nitrogens with zero attached hydrogens (tertiary/aromatic N) is 5. The van der Waals surface area contributed by atoms with Crippen LogP contribution in [0.2, 0.25) is 0 Å². The van der Waals surface area contributed by atoms with Crippen LogP contribution in [0.1, 0.15) is 50.7 Å². The van der Waals surface area contributed by atoms with Crippen LogP contribution >= 0.6 is 41.0 Å². The van der Waals surface area contributed by atoms with E-state index in [0.717, 1.165) is 66.9 Å². The standard InChI is InChI=1S/C30H38N4O5S.2C8H13NO2.CH4.BrH.HI/c1-32-16-8-11-24(19-32)28(35)31-26(21-39-20-23-9-4-3-5-10-23)29(36)33-17-14-30(15-18-33)22-34(40(2,37)38)27-13-7-6-12-25(27)30;2*1-9-5-3-4-7(6-9)8(10)11-2;;;/h3-7,9-13,26H,8,14-22H2,1-2H3,(H,31,35);2*4H,3,5-6H2,1-2H3;1H4;2*1H/t26-;;;;;/m1...../s1. The molecule has 0 radical (unpaired) electrons. The highest BCUT2D eigenvalue weighted by molar-refractivity contribution is 14.0. The van der Waals surface area contributed by atoms with E-state index >= 15 is 0 Å². The highest BCUT2D eigenvalue weighted by Crippen LogP contribution is 2.47. The average molecular weight is 1100 g/mol. The number of methoxy groups -OCH3 is 2. The summed E-state index contributed by atoms with van der Waals surface area (Å²) in [5.41, 5.74) is 4.63. The first-order valence-corrected chi connectivity index (χ1v) is 23.1. The molecule has 0 unspecified atom stereocenters. The van der Waals surface area contributed by atoms with E-state index in [1.165, 1.54) is 24.8 Å². The number of carbonyl (C=O) groups excluding carboxylic acids is 4. The van der Waals surface area contributed by atoms with Crippen molar-refractivity contribution in [3.8, 4) is 0 Å². The fraction of sp³-hybridized carbons (Fsp3) is 0.532. The van der Waals surface area contributed by atoms with Gasteiger partial charge in [0.05, 0.1) is 39.4 Å². The van der Waals surface area contributed by atoms with E-state index in [9.17, 15) is 27.6 Å². The number of ether oxygens (including phenoxy) is 3. The number of benzene rings is 2. The monoisotopic (exact) mass is 1100 g/mol. The summed E-state index contributed by atoms with van der Waals surface area (Å²) in [6.45, 7) is 6.66. The Morgan fingerprint density at radius 2 is 1.20 bits per heavy atom. The minimum atomic E-state index is -3.42. The summed E-state index contributed by atoms with van der Waals surface area (Å²) >= 11 is 0. The normalized spacial score (nSPS) is 18.6. The summed E-state index contributed by atoms with van der Waals surface area (Å²) in [6, 6.07) is 16.6. The van der Waals surface area contributed by atoms with E-state index in [1.54, 1.807) is 4.90 Å². The highest BCUT2D eigenvalue weighted by Gasteiger charge is 2.48. The van der Waals surface area contributed by atoms with Gasteiger partial charge in [-0.2, -0.15) is 0 Å². The van der Waals surface area contributed by atoms with E-state index in [-0.39, 0.29) is 84.2 Å². The van der Waals surface area contributed by atoms with Crippen molar-refractivity contribution < 1.29 is 41.8 Å². The number of fused-ring (bicyclic) bond motifs is 2. The van der Waals surface area contributed by atoms with Gasteiger partial charge in [-0.05, 0) is 70.4 Å². The minimum Gasteiger partial charge on any atom is -0.466 e. The molecule has 0 aliphatic carbocycles. The molecule has 5 heterocycles. The lowest BCUT2D eigenvalue weighted by Crippen LogP contribution is -2.55. The zero-order chi connectivity index (χ0) is 44.9. The number of amides is 2. The second-order valence-corrected chi connectivity index (χ2v) is 18.6. The van der Waals surface area contributed by atoms with Crippen molar-refractivity contribution in [3.05, 3.63) is 101 Å². The van der Waals surface area contributed by atoms with Crippen molar-refractivity contribution in [2.24, 2.45) is 0 Å². The first kappa shape index (κ1) is 57.5. The molecule has 5 aliphatic heterocycles. The van der Waals surface area contributed by atoms with Crippen LogP contribution in [0.5, 0.6) is 0 Å². The summed E-state index contributed by atoms with van der Waals surface area (Å²) < 4.78 is 41.7. The number of halogens is 2. The molecule has 2 aromatic carbocycles. The SMILES string of the molecule is Br.C.CN1CCC=C(C(=O)N[C@H](COCc2ccccc2)C(=O)N2CCC3(CC2)CN(S(C)(=O)=O)c2ccccc23)C1.COC(=O)C1=CCCN(C)C1.COC(=O)C1=CCCN(C)C1.I. The first-order chi connectivity index (χ1) is 29.6. The molecule has 1 fully saturated rings. The Kier molecular flexibility index (Phi) is 24.1. The lowest BCUT2D eigenvalue weighted by Gasteiger charge is -2.41. The number of nitrogens with one attached hydrogen (secondary N) is 1. The van der Waals surface area contributed by atoms with E-state index in [4.69, 9.17) is 4.74 Å². The van der Waals surface area contributed by atoms with Crippen LogP contribution in [0.25, 0.3) is 0 Å².